The number of pyridine rings is 1. The normalized spacial score (nSPS) is 14.6. The number of furan rings is 1. The van der Waals surface area contributed by atoms with Gasteiger partial charge in [0.15, 0.2) is 11.5 Å². The van der Waals surface area contributed by atoms with Crippen molar-refractivity contribution in [3.8, 4) is 23.3 Å². The highest BCUT2D eigenvalue weighted by Gasteiger charge is 2.19. The third-order valence-electron chi connectivity index (χ3n) is 7.06. The Hall–Kier alpha value is -3.80. The second kappa shape index (κ2) is 11.1. The summed E-state index contributed by atoms with van der Waals surface area (Å²) >= 11 is 0. The largest absolute Gasteiger partial charge is 0.496 e. The first-order valence-corrected chi connectivity index (χ1v) is 12.6. The maximum atomic E-state index is 9.85. The van der Waals surface area contributed by atoms with Crippen molar-refractivity contribution in [1.82, 2.24) is 9.88 Å². The van der Waals surface area contributed by atoms with E-state index in [1.807, 2.05) is 30.3 Å². The second-order valence-corrected chi connectivity index (χ2v) is 9.32. The Morgan fingerprint density at radius 1 is 1.08 bits per heavy atom. The number of hydrogen-bond acceptors (Lipinski definition) is 8. The van der Waals surface area contributed by atoms with E-state index in [1.54, 1.807) is 26.7 Å². The number of nitrogens with zero attached hydrogens (tertiary/aromatic N) is 3. The third kappa shape index (κ3) is 5.19. The Morgan fingerprint density at radius 2 is 1.89 bits per heavy atom. The fourth-order valence-corrected chi connectivity index (χ4v) is 5.03. The van der Waals surface area contributed by atoms with Gasteiger partial charge in [-0.05, 0) is 43.0 Å². The minimum Gasteiger partial charge on any atom is -0.496 e. The lowest BCUT2D eigenvalue weighted by atomic mass is 9.96. The number of ether oxygens (including phenoxy) is 3. The molecule has 2 aromatic heterocycles. The fourth-order valence-electron chi connectivity index (χ4n) is 5.03. The van der Waals surface area contributed by atoms with Crippen LogP contribution in [0.15, 0.2) is 47.2 Å². The summed E-state index contributed by atoms with van der Waals surface area (Å²) in [7, 11) is 3.25. The van der Waals surface area contributed by atoms with E-state index in [0.29, 0.717) is 30.1 Å². The van der Waals surface area contributed by atoms with Gasteiger partial charge >= 0.3 is 0 Å². The fraction of sp³-hybridized carbons (Fsp3) is 0.379. The Bertz CT molecular complexity index is 1430. The number of piperidine rings is 1. The topological polar surface area (TPSA) is 101 Å². The molecule has 0 bridgehead atoms. The summed E-state index contributed by atoms with van der Waals surface area (Å²) in [6, 6.07) is 11.8. The summed E-state index contributed by atoms with van der Waals surface area (Å²) in [5.41, 5.74) is 3.79. The molecule has 1 aliphatic rings. The summed E-state index contributed by atoms with van der Waals surface area (Å²) in [5, 5.41) is 21.3. The number of aromatic nitrogens is 1. The van der Waals surface area contributed by atoms with Crippen LogP contribution in [0.1, 0.15) is 36.0 Å². The molecule has 37 heavy (non-hydrogen) atoms. The first-order chi connectivity index (χ1) is 18.1. The van der Waals surface area contributed by atoms with E-state index in [9.17, 15) is 10.4 Å². The van der Waals surface area contributed by atoms with Gasteiger partial charge < -0.3 is 28.6 Å². The first-order valence-electron chi connectivity index (χ1n) is 12.6. The van der Waals surface area contributed by atoms with Gasteiger partial charge in [-0.25, -0.2) is 0 Å². The van der Waals surface area contributed by atoms with Gasteiger partial charge in [-0.15, -0.1) is 0 Å². The number of rotatable bonds is 9. The first kappa shape index (κ1) is 24.9. The maximum Gasteiger partial charge on any atom is 0.163 e. The van der Waals surface area contributed by atoms with E-state index in [1.165, 1.54) is 0 Å². The van der Waals surface area contributed by atoms with Gasteiger partial charge in [-0.2, -0.15) is 5.26 Å². The second-order valence-electron chi connectivity index (χ2n) is 9.32. The van der Waals surface area contributed by atoms with Gasteiger partial charge in [-0.1, -0.05) is 6.07 Å². The van der Waals surface area contributed by atoms with Crippen molar-refractivity contribution in [2.45, 2.75) is 31.8 Å². The molecule has 0 aliphatic carbocycles. The molecule has 8 heteroatoms. The Labute approximate surface area is 216 Å². The highest BCUT2D eigenvalue weighted by molar-refractivity contribution is 5.90. The van der Waals surface area contributed by atoms with Crippen LogP contribution in [0.3, 0.4) is 0 Å². The van der Waals surface area contributed by atoms with Crippen molar-refractivity contribution in [2.75, 3.05) is 40.5 Å². The zero-order valence-corrected chi connectivity index (χ0v) is 21.2. The molecule has 0 spiro atoms. The van der Waals surface area contributed by atoms with Crippen LogP contribution in [-0.2, 0) is 6.42 Å². The van der Waals surface area contributed by atoms with E-state index >= 15 is 0 Å². The van der Waals surface area contributed by atoms with Gasteiger partial charge in [0.1, 0.15) is 17.4 Å². The van der Waals surface area contributed by atoms with Crippen molar-refractivity contribution in [2.24, 2.45) is 0 Å². The predicted molar refractivity (Wildman–Crippen MR) is 140 cm³/mol. The molecule has 0 saturated carbocycles. The monoisotopic (exact) mass is 501 g/mol. The van der Waals surface area contributed by atoms with Crippen LogP contribution in [-0.4, -0.2) is 61.6 Å². The molecular formula is C29H31N3O5. The lowest BCUT2D eigenvalue weighted by Gasteiger charge is -2.29. The average molecular weight is 502 g/mol. The van der Waals surface area contributed by atoms with E-state index in [2.05, 4.69) is 16.0 Å². The minimum absolute atomic E-state index is 0.164. The number of hydrogen-bond donors (Lipinski definition) is 1. The van der Waals surface area contributed by atoms with E-state index < -0.39 is 0 Å². The number of fused-ring (bicyclic) bond motifs is 2. The molecule has 0 atom stereocenters. The van der Waals surface area contributed by atoms with Crippen LogP contribution in [0.4, 0.5) is 0 Å². The minimum atomic E-state index is -0.164. The number of aliphatic hydroxyl groups excluding tert-OH is 1. The summed E-state index contributed by atoms with van der Waals surface area (Å²) in [6.07, 6.45) is 6.13. The predicted octanol–water partition coefficient (Wildman–Crippen LogP) is 4.69. The zero-order valence-electron chi connectivity index (χ0n) is 21.2. The lowest BCUT2D eigenvalue weighted by Crippen LogP contribution is -2.36. The van der Waals surface area contributed by atoms with Gasteiger partial charge in [0.05, 0.1) is 49.7 Å². The van der Waals surface area contributed by atoms with Crippen LogP contribution in [0.5, 0.6) is 17.2 Å². The van der Waals surface area contributed by atoms with Gasteiger partial charge in [-0.3, -0.25) is 4.98 Å². The SMILES string of the molecule is COc1cc2c(Cc3ccc(OC)c4ccoc34)c(C#N)cnc2cc1OCCCN1CCC(O)CC1. The van der Waals surface area contributed by atoms with Gasteiger partial charge in [0.25, 0.3) is 0 Å². The summed E-state index contributed by atoms with van der Waals surface area (Å²) in [6.45, 7) is 3.33. The number of methoxy groups -OCH3 is 2. The number of benzene rings is 2. The molecule has 192 valence electrons. The summed E-state index contributed by atoms with van der Waals surface area (Å²) in [4.78, 5) is 6.91. The smallest absolute Gasteiger partial charge is 0.163 e. The molecule has 0 amide bonds. The van der Waals surface area contributed by atoms with Crippen molar-refractivity contribution in [3.63, 3.8) is 0 Å². The Balaban J connectivity index is 1.40. The lowest BCUT2D eigenvalue weighted by molar-refractivity contribution is 0.0799. The zero-order chi connectivity index (χ0) is 25.8. The van der Waals surface area contributed by atoms with Crippen molar-refractivity contribution in [1.29, 1.82) is 5.26 Å². The third-order valence-corrected chi connectivity index (χ3v) is 7.06. The standard InChI is InChI=1S/C29H31N3O5/c1-34-26-5-4-19(29-22(26)8-13-37-29)14-23-20(17-30)18-31-25-16-28(27(35-2)15-24(23)25)36-12-3-9-32-10-6-21(33)7-11-32/h4-5,8,13,15-16,18,21,33H,3,6-7,9-12,14H2,1-2H3. The average Bonchev–Trinajstić information content (AvgIpc) is 3.42. The molecule has 1 aliphatic heterocycles. The van der Waals surface area contributed by atoms with E-state index in [4.69, 9.17) is 18.6 Å². The Kier molecular flexibility index (Phi) is 7.45. The molecule has 1 fully saturated rings. The van der Waals surface area contributed by atoms with E-state index in [0.717, 1.165) is 77.6 Å². The molecule has 0 unspecified atom stereocenters. The molecule has 0 radical (unpaired) electrons. The molecule has 1 N–H and O–H groups in total. The van der Waals surface area contributed by atoms with Crippen molar-refractivity contribution < 1.29 is 23.7 Å². The van der Waals surface area contributed by atoms with Crippen LogP contribution in [0.25, 0.3) is 21.9 Å². The van der Waals surface area contributed by atoms with Crippen molar-refractivity contribution >= 4 is 21.9 Å². The van der Waals surface area contributed by atoms with Crippen LogP contribution >= 0.6 is 0 Å². The van der Waals surface area contributed by atoms with E-state index in [-0.39, 0.29) is 6.10 Å². The quantitative estimate of drug-likeness (QED) is 0.330. The number of nitriles is 1. The highest BCUT2D eigenvalue weighted by Crippen LogP contribution is 2.36. The summed E-state index contributed by atoms with van der Waals surface area (Å²) in [5.74, 6) is 1.98. The highest BCUT2D eigenvalue weighted by atomic mass is 16.5. The molecule has 8 nitrogen and oxygen atoms in total. The molecule has 5 rings (SSSR count). The molecule has 2 aromatic carbocycles. The van der Waals surface area contributed by atoms with Gasteiger partial charge in [0, 0.05) is 49.3 Å². The van der Waals surface area contributed by atoms with Crippen LogP contribution in [0, 0.1) is 11.3 Å². The van der Waals surface area contributed by atoms with Crippen molar-refractivity contribution in [3.05, 3.63) is 59.5 Å². The molecule has 3 heterocycles. The molecule has 1 saturated heterocycles. The summed E-state index contributed by atoms with van der Waals surface area (Å²) < 4.78 is 23.0. The number of aliphatic hydroxyl groups is 1. The molecule has 4 aromatic rings. The van der Waals surface area contributed by atoms with Crippen LogP contribution in [0.2, 0.25) is 0 Å². The Morgan fingerprint density at radius 3 is 2.65 bits per heavy atom. The van der Waals surface area contributed by atoms with Gasteiger partial charge in [0.2, 0.25) is 0 Å². The maximum absolute atomic E-state index is 9.85. The molecular weight excluding hydrogens is 470 g/mol. The number of likely N-dealkylation sites (tertiary alicyclic amines) is 1. The van der Waals surface area contributed by atoms with Crippen LogP contribution < -0.4 is 14.2 Å².